The van der Waals surface area contributed by atoms with E-state index in [4.69, 9.17) is 9.47 Å². The minimum Gasteiger partial charge on any atom is -0.453 e. The molecule has 0 saturated carbocycles. The Bertz CT molecular complexity index is 2130. The molecule has 2 saturated heterocycles. The van der Waals surface area contributed by atoms with E-state index in [0.29, 0.717) is 47.1 Å². The van der Waals surface area contributed by atoms with Gasteiger partial charge in [-0.05, 0) is 80.8 Å². The zero-order valence-electron chi connectivity index (χ0n) is 30.8. The second-order valence-corrected chi connectivity index (χ2v) is 14.6. The number of carbonyl (C=O) groups is 3. The van der Waals surface area contributed by atoms with Crippen LogP contribution in [0.5, 0.6) is 0 Å². The van der Waals surface area contributed by atoms with Crippen LogP contribution in [0.3, 0.4) is 0 Å². The smallest absolute Gasteiger partial charge is 0.410 e. The largest absolute Gasteiger partial charge is 0.453 e. The summed E-state index contributed by atoms with van der Waals surface area (Å²) < 4.78 is 26.0. The zero-order valence-corrected chi connectivity index (χ0v) is 30.8. The normalized spacial score (nSPS) is 17.7. The van der Waals surface area contributed by atoms with Crippen LogP contribution in [0.25, 0.3) is 33.6 Å². The van der Waals surface area contributed by atoms with Crippen molar-refractivity contribution in [1.82, 2.24) is 35.1 Å². The van der Waals surface area contributed by atoms with Crippen LogP contribution in [0.4, 0.5) is 14.0 Å². The predicted molar refractivity (Wildman–Crippen MR) is 200 cm³/mol. The second kappa shape index (κ2) is 15.2. The highest BCUT2D eigenvalue weighted by Crippen LogP contribution is 2.36. The van der Waals surface area contributed by atoms with Crippen molar-refractivity contribution in [2.45, 2.75) is 70.2 Å². The number of hydrogen-bond acceptors (Lipinski definition) is 7. The number of hydrogen-bond donors (Lipinski definition) is 3. The van der Waals surface area contributed by atoms with Crippen molar-refractivity contribution in [2.24, 2.45) is 0 Å². The number of H-pyrrole nitrogens is 2. The molecule has 3 aromatic carbocycles. The van der Waals surface area contributed by atoms with E-state index in [9.17, 15) is 14.4 Å². The topological polar surface area (TPSA) is 146 Å². The molecule has 3 atom stereocenters. The van der Waals surface area contributed by atoms with Gasteiger partial charge in [-0.3, -0.25) is 9.69 Å². The Hall–Kier alpha value is -5.98. The average molecular weight is 734 g/mol. The number of halogens is 1. The van der Waals surface area contributed by atoms with E-state index in [1.54, 1.807) is 40.4 Å². The Kier molecular flexibility index (Phi) is 10.2. The van der Waals surface area contributed by atoms with Crippen LogP contribution in [0.15, 0.2) is 85.2 Å². The number of likely N-dealkylation sites (tertiary alicyclic amines) is 2. The predicted octanol–water partition coefficient (Wildman–Crippen LogP) is 8.11. The summed E-state index contributed by atoms with van der Waals surface area (Å²) in [4.78, 5) is 58.1. The van der Waals surface area contributed by atoms with Gasteiger partial charge >= 0.3 is 12.2 Å². The Balaban J connectivity index is 1.03. The van der Waals surface area contributed by atoms with Crippen molar-refractivity contribution in [3.8, 4) is 33.6 Å². The monoisotopic (exact) mass is 733 g/mol. The summed E-state index contributed by atoms with van der Waals surface area (Å²) in [6.45, 7) is 6.62. The summed E-state index contributed by atoms with van der Waals surface area (Å²) in [6.07, 6.45) is 5.38. The van der Waals surface area contributed by atoms with Crippen molar-refractivity contribution in [2.75, 3.05) is 20.2 Å². The summed E-state index contributed by atoms with van der Waals surface area (Å²) in [5, 5.41) is 2.69. The zero-order chi connectivity index (χ0) is 38.0. The second-order valence-electron chi connectivity index (χ2n) is 14.6. The lowest BCUT2D eigenvalue weighted by Crippen LogP contribution is -2.42. The molecule has 13 heteroatoms. The first kappa shape index (κ1) is 36.4. The molecule has 4 heterocycles. The van der Waals surface area contributed by atoms with E-state index in [1.165, 1.54) is 13.2 Å². The number of aromatic amines is 2. The number of imidazole rings is 2. The van der Waals surface area contributed by atoms with Gasteiger partial charge in [-0.25, -0.2) is 23.9 Å². The van der Waals surface area contributed by atoms with Crippen LogP contribution in [-0.4, -0.2) is 73.6 Å². The van der Waals surface area contributed by atoms with Gasteiger partial charge in [-0.2, -0.15) is 0 Å². The number of amides is 3. The van der Waals surface area contributed by atoms with Crippen molar-refractivity contribution < 1.29 is 28.2 Å². The standard InChI is InChI=1S/C41H44FN7O5/c1-41(2,3)54-40(52)49-21-9-13-34(49)37-44-24-32(46-37)29-19-18-28(22-30(29)42)25-14-16-26(17-15-25)31-23-43-36(45-31)33-12-8-20-48(33)38(50)35(47-39(51)53-4)27-10-6-5-7-11-27/h5-7,10-11,14-19,22-24,33-35H,8-9,12-13,20-21H2,1-4H3,(H,43,45)(H,44,46)(H,47,51)/t33-,34-,35+/m0/s1. The molecule has 0 unspecified atom stereocenters. The maximum Gasteiger partial charge on any atom is 0.410 e. The molecule has 280 valence electrons. The lowest BCUT2D eigenvalue weighted by molar-refractivity contribution is -0.134. The maximum atomic E-state index is 15.6. The fraction of sp³-hybridized carbons (Fsp3) is 0.341. The molecule has 0 bridgehead atoms. The maximum absolute atomic E-state index is 15.6. The number of methoxy groups -OCH3 is 1. The SMILES string of the molecule is COC(=O)N[C@@H](C(=O)N1CCC[C@H]1c1ncc(-c2ccc(-c3ccc(-c4cnc([C@@H]5CCCN5C(=O)OC(C)(C)C)[nH]4)c(F)c3)cc2)[nH]1)c1ccccc1. The Morgan fingerprint density at radius 2 is 1.41 bits per heavy atom. The van der Waals surface area contributed by atoms with E-state index >= 15 is 4.39 Å². The van der Waals surface area contributed by atoms with Crippen molar-refractivity contribution >= 4 is 18.1 Å². The molecule has 2 aromatic heterocycles. The molecule has 3 N–H and O–H groups in total. The number of benzene rings is 3. The van der Waals surface area contributed by atoms with Crippen molar-refractivity contribution in [1.29, 1.82) is 0 Å². The molecule has 2 fully saturated rings. The molecule has 5 aromatic rings. The van der Waals surface area contributed by atoms with Gasteiger partial charge in [0.2, 0.25) is 0 Å². The minimum atomic E-state index is -0.897. The first-order valence-electron chi connectivity index (χ1n) is 18.2. The molecule has 54 heavy (non-hydrogen) atoms. The van der Waals surface area contributed by atoms with Crippen LogP contribution < -0.4 is 5.32 Å². The summed E-state index contributed by atoms with van der Waals surface area (Å²) in [5.41, 5.74) is 4.21. The van der Waals surface area contributed by atoms with Gasteiger partial charge in [-0.15, -0.1) is 0 Å². The lowest BCUT2D eigenvalue weighted by Gasteiger charge is -2.28. The number of nitrogens with one attached hydrogen (secondary N) is 3. The minimum absolute atomic E-state index is 0.235. The van der Waals surface area contributed by atoms with Gasteiger partial charge in [0.15, 0.2) is 0 Å². The van der Waals surface area contributed by atoms with Crippen LogP contribution >= 0.6 is 0 Å². The first-order chi connectivity index (χ1) is 26.0. The van der Waals surface area contributed by atoms with Gasteiger partial charge in [0.1, 0.15) is 29.1 Å². The van der Waals surface area contributed by atoms with E-state index < -0.39 is 23.6 Å². The third kappa shape index (κ3) is 7.71. The number of nitrogens with zero attached hydrogens (tertiary/aromatic N) is 4. The Morgan fingerprint density at radius 1 is 0.815 bits per heavy atom. The molecule has 2 aliphatic rings. The highest BCUT2D eigenvalue weighted by atomic mass is 19.1. The highest BCUT2D eigenvalue weighted by Gasteiger charge is 2.37. The third-order valence-electron chi connectivity index (χ3n) is 9.85. The average Bonchev–Trinajstić information content (AvgIpc) is 4.00. The molecular weight excluding hydrogens is 689 g/mol. The van der Waals surface area contributed by atoms with Gasteiger partial charge in [0.25, 0.3) is 5.91 Å². The fourth-order valence-electron chi connectivity index (χ4n) is 7.23. The van der Waals surface area contributed by atoms with E-state index in [0.717, 1.165) is 42.5 Å². The van der Waals surface area contributed by atoms with Gasteiger partial charge in [0, 0.05) is 18.7 Å². The highest BCUT2D eigenvalue weighted by molar-refractivity contribution is 5.87. The summed E-state index contributed by atoms with van der Waals surface area (Å²) in [5.74, 6) is 0.636. The molecule has 3 amide bonds. The van der Waals surface area contributed by atoms with Crippen LogP contribution in [-0.2, 0) is 14.3 Å². The van der Waals surface area contributed by atoms with Gasteiger partial charge < -0.3 is 29.7 Å². The first-order valence-corrected chi connectivity index (χ1v) is 18.2. The summed E-state index contributed by atoms with van der Waals surface area (Å²) in [7, 11) is 1.27. The number of ether oxygens (including phenoxy) is 2. The molecule has 0 aliphatic carbocycles. The number of carbonyl (C=O) groups excluding carboxylic acids is 3. The summed E-state index contributed by atoms with van der Waals surface area (Å²) in [6, 6.07) is 20.5. The van der Waals surface area contributed by atoms with E-state index in [1.807, 2.05) is 69.3 Å². The van der Waals surface area contributed by atoms with Crippen LogP contribution in [0.2, 0.25) is 0 Å². The van der Waals surface area contributed by atoms with E-state index in [-0.39, 0.29) is 24.1 Å². The molecule has 2 aliphatic heterocycles. The quantitative estimate of drug-likeness (QED) is 0.146. The number of aromatic nitrogens is 4. The van der Waals surface area contributed by atoms with Crippen molar-refractivity contribution in [3.05, 3.63) is 108 Å². The summed E-state index contributed by atoms with van der Waals surface area (Å²) >= 11 is 0. The fourth-order valence-corrected chi connectivity index (χ4v) is 7.23. The molecule has 12 nitrogen and oxygen atoms in total. The molecule has 0 radical (unpaired) electrons. The van der Waals surface area contributed by atoms with Crippen LogP contribution in [0.1, 0.15) is 81.8 Å². The Morgan fingerprint density at radius 3 is 2.06 bits per heavy atom. The Labute approximate surface area is 313 Å². The van der Waals surface area contributed by atoms with Gasteiger partial charge in [0.05, 0.1) is 43.0 Å². The molecule has 7 rings (SSSR count). The number of alkyl carbamates (subject to hydrolysis) is 1. The molecular formula is C41H44FN7O5. The third-order valence-corrected chi connectivity index (χ3v) is 9.85. The number of rotatable bonds is 8. The lowest BCUT2D eigenvalue weighted by atomic mass is 10.0. The molecule has 0 spiro atoms. The van der Waals surface area contributed by atoms with Crippen molar-refractivity contribution in [3.63, 3.8) is 0 Å². The van der Waals surface area contributed by atoms with E-state index in [2.05, 4.69) is 25.3 Å². The van der Waals surface area contributed by atoms with Crippen LogP contribution in [0, 0.1) is 5.82 Å². The van der Waals surface area contributed by atoms with Gasteiger partial charge in [-0.1, -0.05) is 60.7 Å².